The summed E-state index contributed by atoms with van der Waals surface area (Å²) in [6.45, 7) is -2.05. The van der Waals surface area contributed by atoms with Crippen LogP contribution in [0.15, 0.2) is 116 Å². The van der Waals surface area contributed by atoms with Gasteiger partial charge in [0.05, 0.1) is 38.4 Å². The zero-order chi connectivity index (χ0) is 64.3. The minimum atomic E-state index is -1.76. The van der Waals surface area contributed by atoms with Gasteiger partial charge >= 0.3 is 0 Å². The van der Waals surface area contributed by atoms with Gasteiger partial charge in [0.1, 0.15) is 42.3 Å². The monoisotopic (exact) mass is 1240 g/mol. The normalized spacial score (nSPS) is 15.2. The highest BCUT2D eigenvalue weighted by molar-refractivity contribution is 5.99. The Kier molecular flexibility index (Phi) is 22.6. The number of likely N-dealkylation sites (tertiary alicyclic amines) is 1. The van der Waals surface area contributed by atoms with E-state index in [0.717, 1.165) is 10.9 Å². The Morgan fingerprint density at radius 2 is 1.04 bits per heavy atom. The van der Waals surface area contributed by atoms with Gasteiger partial charge in [0.25, 0.3) is 0 Å². The number of nitrogens with one attached hydrogen (secondary N) is 12. The molecule has 30 nitrogen and oxygen atoms in total. The minimum Gasteiger partial charge on any atom is -0.394 e. The lowest BCUT2D eigenvalue weighted by Gasteiger charge is -2.30. The first-order chi connectivity index (χ1) is 43.3. The molecular weight excluding hydrogens is 1160 g/mol. The van der Waals surface area contributed by atoms with E-state index in [1.807, 2.05) is 18.2 Å². The number of nitrogens with two attached hydrogens (primary N) is 3. The molecule has 30 heteroatoms. The second kappa shape index (κ2) is 31.2. The Morgan fingerprint density at radius 1 is 0.544 bits per heavy atom. The number of aromatic nitrogens is 6. The zero-order valence-electron chi connectivity index (χ0n) is 48.8. The van der Waals surface area contributed by atoms with E-state index in [9.17, 15) is 57.8 Å². The summed E-state index contributed by atoms with van der Waals surface area (Å²) < 4.78 is 0. The van der Waals surface area contributed by atoms with E-state index in [2.05, 4.69) is 72.4 Å². The lowest BCUT2D eigenvalue weighted by atomic mass is 10.0. The Morgan fingerprint density at radius 3 is 1.59 bits per heavy atom. The van der Waals surface area contributed by atoms with Gasteiger partial charge in [0.2, 0.25) is 65.0 Å². The van der Waals surface area contributed by atoms with E-state index >= 15 is 0 Å². The third-order valence-electron chi connectivity index (χ3n) is 15.2. The molecule has 474 valence electrons. The molecule has 8 atom stereocenters. The van der Waals surface area contributed by atoms with Crippen LogP contribution in [0.5, 0.6) is 0 Å². The van der Waals surface area contributed by atoms with Crippen molar-refractivity contribution in [3.05, 3.63) is 144 Å². The van der Waals surface area contributed by atoms with Crippen LogP contribution in [-0.2, 0) is 84.8 Å². The van der Waals surface area contributed by atoms with Crippen LogP contribution in [0.1, 0.15) is 53.8 Å². The third-order valence-corrected chi connectivity index (χ3v) is 15.2. The fourth-order valence-electron chi connectivity index (χ4n) is 10.5. The highest BCUT2D eigenvalue weighted by Gasteiger charge is 2.39. The number of hydrogen-bond acceptors (Lipinski definition) is 15. The molecule has 1 fully saturated rings. The molecule has 1 aliphatic heterocycles. The fourth-order valence-corrected chi connectivity index (χ4v) is 10.5. The van der Waals surface area contributed by atoms with Crippen LogP contribution in [-0.4, -0.2) is 179 Å². The van der Waals surface area contributed by atoms with Crippen molar-refractivity contribution in [1.29, 1.82) is 0 Å². The van der Waals surface area contributed by atoms with Crippen molar-refractivity contribution < 1.29 is 57.8 Å². The summed E-state index contributed by atoms with van der Waals surface area (Å²) >= 11 is 0. The predicted octanol–water partition coefficient (Wildman–Crippen LogP) is -3.19. The average molecular weight is 1240 g/mol. The number of hydrogen-bond donors (Lipinski definition) is 16. The quantitative estimate of drug-likeness (QED) is 0.0198. The maximum Gasteiger partial charge on any atom is 0.246 e. The highest BCUT2D eigenvalue weighted by Crippen LogP contribution is 2.23. The Balaban J connectivity index is 0.979. The number of carbonyl (C=O) groups is 11. The fraction of sp³-hybridized carbons (Fsp3) is 0.350. The molecule has 0 saturated carbocycles. The lowest BCUT2D eigenvalue weighted by Crippen LogP contribution is -2.60. The van der Waals surface area contributed by atoms with Crippen molar-refractivity contribution in [2.45, 2.75) is 106 Å². The number of carbonyl (C=O) groups excluding carboxylic acids is 11. The molecule has 19 N–H and O–H groups in total. The summed E-state index contributed by atoms with van der Waals surface area (Å²) in [5, 5.41) is 32.9. The summed E-state index contributed by atoms with van der Waals surface area (Å²) in [6.07, 6.45) is 8.47. The summed E-state index contributed by atoms with van der Waals surface area (Å²) in [5.41, 5.74) is 20.6. The molecular formula is C60H72N18O12. The molecule has 4 aromatic heterocycles. The molecule has 0 aliphatic carbocycles. The van der Waals surface area contributed by atoms with Gasteiger partial charge in [-0.05, 0) is 48.1 Å². The number of primary amides is 2. The summed E-state index contributed by atoms with van der Waals surface area (Å²) in [7, 11) is 0. The molecule has 0 radical (unpaired) electrons. The second-order valence-corrected chi connectivity index (χ2v) is 21.7. The number of para-hydroxylation sites is 2. The topological polar surface area (TPSA) is 474 Å². The van der Waals surface area contributed by atoms with Crippen LogP contribution in [0.25, 0.3) is 21.8 Å². The Labute approximate surface area is 514 Å². The molecule has 5 heterocycles. The number of H-pyrrole nitrogens is 4. The van der Waals surface area contributed by atoms with Crippen molar-refractivity contribution in [2.75, 3.05) is 26.2 Å². The largest absolute Gasteiger partial charge is 0.394 e. The summed E-state index contributed by atoms with van der Waals surface area (Å²) in [5.74, 6) is -8.92. The summed E-state index contributed by atoms with van der Waals surface area (Å²) in [6, 6.07) is 12.2. The second-order valence-electron chi connectivity index (χ2n) is 21.7. The van der Waals surface area contributed by atoms with E-state index in [4.69, 9.17) is 17.2 Å². The molecule has 0 bridgehead atoms. The number of nitrogens with zero attached hydrogens (tertiary/aromatic N) is 3. The number of aromatic amines is 4. The van der Waals surface area contributed by atoms with Crippen molar-refractivity contribution in [3.8, 4) is 0 Å². The summed E-state index contributed by atoms with van der Waals surface area (Å²) in [4.78, 5) is 171. The van der Waals surface area contributed by atoms with Gasteiger partial charge in [-0.25, -0.2) is 9.97 Å². The zero-order valence-corrected chi connectivity index (χ0v) is 48.8. The molecule has 8 rings (SSSR count). The maximum atomic E-state index is 14.7. The maximum absolute atomic E-state index is 14.7. The number of amides is 11. The standard InChI is InChI=1S/C60H72N18O12/c61-40(16-17-50(62)80)53(83)73-46(23-37-27-65-32-71-37)57(87)74-44(21-35-25-67-42-14-7-5-12-39(35)42)56(86)77-48(30-79)58(88)75-45(22-36-26-64-31-70-36)54(84)69-29-52(82)72-43(20-34-24-66-41-13-6-4-11-38(34)41)55(85)76-47(19-33-9-2-1-3-10-33)60(90)78-18-8-15-49(78)59(89)68-28-51(63)81/h1-7,9-14,24-27,31-32,40,43-49,66-67,79H,8,15-23,28-30,61H2,(H2,62,80)(H2,63,81)(H,64,70)(H,65,71)(H,68,89)(H,69,84)(H,72,82)(H,73,83)(H,74,87)(H,75,88)(H,76,85)(H,77,86)/t40-,43-,44-,45-,46-,47-,48-,49-/m0/s1. The van der Waals surface area contributed by atoms with Gasteiger partial charge in [-0.15, -0.1) is 0 Å². The first-order valence-corrected chi connectivity index (χ1v) is 29.0. The van der Waals surface area contributed by atoms with Gasteiger partial charge in [-0.3, -0.25) is 52.7 Å². The highest BCUT2D eigenvalue weighted by atomic mass is 16.3. The van der Waals surface area contributed by atoms with Crippen LogP contribution in [0.2, 0.25) is 0 Å². The smallest absolute Gasteiger partial charge is 0.246 e. The Hall–Kier alpha value is -10.8. The van der Waals surface area contributed by atoms with E-state index in [1.165, 1.54) is 29.9 Å². The van der Waals surface area contributed by atoms with Crippen LogP contribution in [0.4, 0.5) is 0 Å². The van der Waals surface area contributed by atoms with Crippen LogP contribution in [0.3, 0.4) is 0 Å². The number of imidazole rings is 2. The first kappa shape index (κ1) is 65.2. The Bertz CT molecular complexity index is 3670. The van der Waals surface area contributed by atoms with Gasteiger partial charge in [0, 0.05) is 103 Å². The molecule has 3 aromatic carbocycles. The number of fused-ring (bicyclic) bond motifs is 2. The average Bonchev–Trinajstić information content (AvgIpc) is 2.03. The van der Waals surface area contributed by atoms with Crippen molar-refractivity contribution in [1.82, 2.24) is 77.3 Å². The van der Waals surface area contributed by atoms with Crippen molar-refractivity contribution in [3.63, 3.8) is 0 Å². The van der Waals surface area contributed by atoms with Crippen molar-refractivity contribution in [2.24, 2.45) is 17.2 Å². The molecule has 1 saturated heterocycles. The van der Waals surface area contributed by atoms with Crippen molar-refractivity contribution >= 4 is 86.8 Å². The van der Waals surface area contributed by atoms with Crippen LogP contribution in [0, 0.1) is 0 Å². The molecule has 0 unspecified atom stereocenters. The molecule has 0 spiro atoms. The van der Waals surface area contributed by atoms with E-state index in [0.29, 0.717) is 45.4 Å². The van der Waals surface area contributed by atoms with Gasteiger partial charge in [-0.1, -0.05) is 66.7 Å². The third kappa shape index (κ3) is 17.9. The number of aliphatic hydroxyl groups is 1. The van der Waals surface area contributed by atoms with Gasteiger partial charge in [0.15, 0.2) is 0 Å². The number of aliphatic hydroxyl groups excluding tert-OH is 1. The minimum absolute atomic E-state index is 0.0129. The van der Waals surface area contributed by atoms with Gasteiger partial charge in [-0.2, -0.15) is 0 Å². The van der Waals surface area contributed by atoms with Gasteiger partial charge < -0.3 is 89.7 Å². The van der Waals surface area contributed by atoms with Crippen LogP contribution >= 0.6 is 0 Å². The lowest BCUT2D eigenvalue weighted by molar-refractivity contribution is -0.142. The number of benzene rings is 3. The van der Waals surface area contributed by atoms with E-state index in [1.54, 1.807) is 73.1 Å². The molecule has 90 heavy (non-hydrogen) atoms. The van der Waals surface area contributed by atoms with E-state index in [-0.39, 0.29) is 57.9 Å². The van der Waals surface area contributed by atoms with E-state index < -0.39 is 133 Å². The molecule has 11 amide bonds. The van der Waals surface area contributed by atoms with Crippen LogP contribution < -0.4 is 59.7 Å². The predicted molar refractivity (Wildman–Crippen MR) is 324 cm³/mol. The number of rotatable bonds is 32. The molecule has 1 aliphatic rings. The first-order valence-electron chi connectivity index (χ1n) is 29.0. The molecule has 7 aromatic rings. The SMILES string of the molecule is NC(=O)CC[C@H](N)C(=O)N[C@@H](Cc1cnc[nH]1)C(=O)N[C@@H](Cc1c[nH]c2ccccc12)C(=O)N[C@@H](CO)C(=O)N[C@@H](Cc1cnc[nH]1)C(=O)NCC(=O)N[C@@H](Cc1c[nH]c2ccccc12)C(=O)N[C@@H](Cc1ccccc1)C(=O)N1CCC[C@H]1C(=O)NCC(N)=O.